The summed E-state index contributed by atoms with van der Waals surface area (Å²) in [5.41, 5.74) is 0.425. The molecule has 1 N–H and O–H groups in total. The first-order chi connectivity index (χ1) is 8.81. The molecule has 1 aliphatic rings. The highest BCUT2D eigenvalue weighted by atomic mass is 32.1. The van der Waals surface area contributed by atoms with E-state index in [0.717, 1.165) is 24.7 Å². The van der Waals surface area contributed by atoms with Gasteiger partial charge in [0.1, 0.15) is 0 Å². The molecule has 2 rings (SSSR count). The molecule has 0 saturated carbocycles. The fourth-order valence-corrected chi connectivity index (χ4v) is 2.48. The number of carbonyl (C=O) groups is 1. The molecule has 6 nitrogen and oxygen atoms in total. The Morgan fingerprint density at radius 3 is 3.22 bits per heavy atom. The average molecular weight is 270 g/mol. The lowest BCUT2D eigenvalue weighted by Crippen LogP contribution is -2.42. The second-order valence-electron chi connectivity index (χ2n) is 4.33. The minimum Gasteiger partial charge on any atom is -0.383 e. The van der Waals surface area contributed by atoms with Crippen LogP contribution in [-0.2, 0) is 4.74 Å². The molecule has 1 fully saturated rings. The Bertz CT molecular complexity index is 365. The van der Waals surface area contributed by atoms with Gasteiger partial charge in [0.25, 0.3) is 5.91 Å². The Labute approximate surface area is 111 Å². The van der Waals surface area contributed by atoms with E-state index in [4.69, 9.17) is 4.74 Å². The van der Waals surface area contributed by atoms with E-state index in [1.54, 1.807) is 12.0 Å². The molecule has 0 spiro atoms. The third-order valence-corrected chi connectivity index (χ3v) is 3.51. The average Bonchev–Trinajstić information content (AvgIpc) is 3.06. The summed E-state index contributed by atoms with van der Waals surface area (Å²) in [6.45, 7) is 2.87. The molecular weight excluding hydrogens is 252 g/mol. The maximum Gasteiger partial charge on any atom is 0.275 e. The van der Waals surface area contributed by atoms with Crippen molar-refractivity contribution < 1.29 is 9.53 Å². The summed E-state index contributed by atoms with van der Waals surface area (Å²) in [6, 6.07) is 0.386. The van der Waals surface area contributed by atoms with E-state index in [9.17, 15) is 4.79 Å². The van der Waals surface area contributed by atoms with Crippen LogP contribution in [-0.4, -0.2) is 58.9 Å². The predicted molar refractivity (Wildman–Crippen MR) is 68.7 cm³/mol. The summed E-state index contributed by atoms with van der Waals surface area (Å²) < 4.78 is 12.9. The van der Waals surface area contributed by atoms with E-state index < -0.39 is 0 Å². The van der Waals surface area contributed by atoms with Gasteiger partial charge in [0.05, 0.1) is 24.5 Å². The van der Waals surface area contributed by atoms with Gasteiger partial charge in [0.15, 0.2) is 5.69 Å². The number of rotatable bonds is 6. The number of methoxy groups -OCH3 is 1. The molecule has 1 unspecified atom stereocenters. The topological polar surface area (TPSA) is 67.3 Å². The molecule has 18 heavy (non-hydrogen) atoms. The van der Waals surface area contributed by atoms with Crippen LogP contribution in [0.2, 0.25) is 0 Å². The second-order valence-corrected chi connectivity index (χ2v) is 4.89. The van der Waals surface area contributed by atoms with E-state index in [0.29, 0.717) is 31.4 Å². The summed E-state index contributed by atoms with van der Waals surface area (Å²) in [6.07, 6.45) is 3.82. The van der Waals surface area contributed by atoms with Gasteiger partial charge in [-0.2, -0.15) is 8.75 Å². The van der Waals surface area contributed by atoms with Gasteiger partial charge >= 0.3 is 0 Å². The largest absolute Gasteiger partial charge is 0.383 e. The maximum atomic E-state index is 12.2. The van der Waals surface area contributed by atoms with E-state index in [-0.39, 0.29) is 5.91 Å². The first-order valence-electron chi connectivity index (χ1n) is 6.10. The Morgan fingerprint density at radius 1 is 1.72 bits per heavy atom. The Morgan fingerprint density at radius 2 is 2.61 bits per heavy atom. The van der Waals surface area contributed by atoms with Gasteiger partial charge < -0.3 is 15.0 Å². The van der Waals surface area contributed by atoms with Crippen molar-refractivity contribution in [2.75, 3.05) is 33.4 Å². The summed E-state index contributed by atoms with van der Waals surface area (Å²) >= 11 is 1.06. The smallest absolute Gasteiger partial charge is 0.275 e. The van der Waals surface area contributed by atoms with Crippen molar-refractivity contribution in [2.45, 2.75) is 18.9 Å². The first-order valence-corrected chi connectivity index (χ1v) is 6.83. The molecule has 1 aliphatic heterocycles. The van der Waals surface area contributed by atoms with Crippen LogP contribution >= 0.6 is 11.7 Å². The molecular formula is C11H18N4O2S. The van der Waals surface area contributed by atoms with Gasteiger partial charge in [0, 0.05) is 26.2 Å². The Balaban J connectivity index is 1.96. The lowest BCUT2D eigenvalue weighted by atomic mass is 10.2. The molecule has 0 bridgehead atoms. The molecule has 1 aromatic heterocycles. The zero-order valence-corrected chi connectivity index (χ0v) is 11.3. The van der Waals surface area contributed by atoms with Crippen molar-refractivity contribution in [1.29, 1.82) is 0 Å². The number of aromatic nitrogens is 2. The van der Waals surface area contributed by atoms with Gasteiger partial charge in [-0.3, -0.25) is 4.79 Å². The van der Waals surface area contributed by atoms with Crippen molar-refractivity contribution in [3.8, 4) is 0 Å². The van der Waals surface area contributed by atoms with Crippen LogP contribution in [0.1, 0.15) is 23.3 Å². The molecule has 1 saturated heterocycles. The minimum absolute atomic E-state index is 0.0606. The summed E-state index contributed by atoms with van der Waals surface area (Å²) in [7, 11) is 1.64. The van der Waals surface area contributed by atoms with Crippen LogP contribution in [0.4, 0.5) is 0 Å². The van der Waals surface area contributed by atoms with E-state index in [2.05, 4.69) is 14.1 Å². The Hall–Kier alpha value is -1.05. The van der Waals surface area contributed by atoms with Crippen LogP contribution < -0.4 is 5.32 Å². The summed E-state index contributed by atoms with van der Waals surface area (Å²) in [5.74, 6) is -0.0606. The summed E-state index contributed by atoms with van der Waals surface area (Å²) in [4.78, 5) is 14.0. The van der Waals surface area contributed by atoms with Crippen LogP contribution in [0, 0.1) is 0 Å². The molecule has 0 aromatic carbocycles. The molecule has 0 radical (unpaired) electrons. The molecule has 2 heterocycles. The monoisotopic (exact) mass is 270 g/mol. The molecule has 0 aliphatic carbocycles. The van der Waals surface area contributed by atoms with Crippen LogP contribution in [0.15, 0.2) is 6.20 Å². The lowest BCUT2D eigenvalue weighted by molar-refractivity contribution is 0.0674. The summed E-state index contributed by atoms with van der Waals surface area (Å²) in [5, 5.41) is 3.40. The van der Waals surface area contributed by atoms with Gasteiger partial charge in [0.2, 0.25) is 0 Å². The molecule has 1 atom stereocenters. The van der Waals surface area contributed by atoms with Crippen molar-refractivity contribution in [1.82, 2.24) is 19.0 Å². The fraction of sp³-hybridized carbons (Fsp3) is 0.727. The van der Waals surface area contributed by atoms with Gasteiger partial charge in [-0.1, -0.05) is 0 Å². The number of nitrogens with one attached hydrogen (secondary N) is 1. The van der Waals surface area contributed by atoms with Crippen LogP contribution in [0.3, 0.4) is 0 Å². The normalized spacial score (nSPS) is 19.1. The Kier molecular flexibility index (Phi) is 5.03. The molecule has 100 valence electrons. The second kappa shape index (κ2) is 6.77. The van der Waals surface area contributed by atoms with Crippen molar-refractivity contribution in [3.63, 3.8) is 0 Å². The molecule has 7 heteroatoms. The highest BCUT2D eigenvalue weighted by Gasteiger charge is 2.23. The number of carbonyl (C=O) groups excluding carboxylic acids is 1. The number of amides is 1. The highest BCUT2D eigenvalue weighted by molar-refractivity contribution is 6.99. The number of hydrogen-bond donors (Lipinski definition) is 1. The van der Waals surface area contributed by atoms with Gasteiger partial charge in [-0.15, -0.1) is 0 Å². The minimum atomic E-state index is -0.0606. The van der Waals surface area contributed by atoms with E-state index in [1.165, 1.54) is 12.6 Å². The van der Waals surface area contributed by atoms with E-state index in [1.807, 2.05) is 0 Å². The van der Waals surface area contributed by atoms with Crippen molar-refractivity contribution in [3.05, 3.63) is 11.9 Å². The third kappa shape index (κ3) is 3.47. The van der Waals surface area contributed by atoms with Gasteiger partial charge in [-0.05, 0) is 19.4 Å². The highest BCUT2D eigenvalue weighted by Crippen LogP contribution is 2.09. The molecule has 1 aromatic rings. The zero-order valence-electron chi connectivity index (χ0n) is 10.5. The standard InChI is InChI=1S/C11H18N4O2S/c1-17-6-5-15(8-9-3-2-4-12-9)11(16)10-7-13-18-14-10/h7,9,12H,2-6,8H2,1H3. The predicted octanol–water partition coefficient (Wildman–Crippen LogP) is 0.379. The van der Waals surface area contributed by atoms with Crippen LogP contribution in [0.25, 0.3) is 0 Å². The zero-order chi connectivity index (χ0) is 12.8. The van der Waals surface area contributed by atoms with Crippen molar-refractivity contribution in [2.24, 2.45) is 0 Å². The quantitative estimate of drug-likeness (QED) is 0.809. The molecule has 1 amide bonds. The first kappa shape index (κ1) is 13.4. The lowest BCUT2D eigenvalue weighted by Gasteiger charge is -2.24. The van der Waals surface area contributed by atoms with Crippen molar-refractivity contribution >= 4 is 17.6 Å². The SMILES string of the molecule is COCCN(CC1CCCN1)C(=O)c1cnsn1. The number of ether oxygens (including phenoxy) is 1. The number of hydrogen-bond acceptors (Lipinski definition) is 6. The fourth-order valence-electron chi connectivity index (χ4n) is 2.08. The van der Waals surface area contributed by atoms with E-state index >= 15 is 0 Å². The third-order valence-electron chi connectivity index (χ3n) is 3.04. The number of nitrogens with zero attached hydrogens (tertiary/aromatic N) is 3. The van der Waals surface area contributed by atoms with Crippen LogP contribution in [0.5, 0.6) is 0 Å². The maximum absolute atomic E-state index is 12.2. The van der Waals surface area contributed by atoms with Gasteiger partial charge in [-0.25, -0.2) is 0 Å².